The zero-order valence-electron chi connectivity index (χ0n) is 9.00. The SMILES string of the molecule is CCCC(O)CN(C)CC1CCC1. The third-order valence-corrected chi connectivity index (χ3v) is 2.94. The number of likely N-dealkylation sites (N-methyl/N-ethyl adjacent to an activating group) is 1. The summed E-state index contributed by atoms with van der Waals surface area (Å²) in [5.74, 6) is 0.916. The Kier molecular flexibility index (Phi) is 4.74. The van der Waals surface area contributed by atoms with Crippen molar-refractivity contribution in [2.24, 2.45) is 5.92 Å². The van der Waals surface area contributed by atoms with Crippen LogP contribution in [0.1, 0.15) is 39.0 Å². The van der Waals surface area contributed by atoms with E-state index in [1.54, 1.807) is 0 Å². The van der Waals surface area contributed by atoms with E-state index >= 15 is 0 Å². The molecule has 1 aliphatic rings. The van der Waals surface area contributed by atoms with Crippen molar-refractivity contribution in [3.63, 3.8) is 0 Å². The van der Waals surface area contributed by atoms with Crippen LogP contribution in [0.2, 0.25) is 0 Å². The minimum atomic E-state index is -0.116. The van der Waals surface area contributed by atoms with Crippen molar-refractivity contribution >= 4 is 0 Å². The molecule has 0 aromatic carbocycles. The molecule has 0 heterocycles. The van der Waals surface area contributed by atoms with Crippen molar-refractivity contribution in [1.82, 2.24) is 4.90 Å². The number of aliphatic hydroxyl groups is 1. The van der Waals surface area contributed by atoms with E-state index < -0.39 is 0 Å². The molecule has 0 aromatic heterocycles. The molecule has 0 amide bonds. The highest BCUT2D eigenvalue weighted by atomic mass is 16.3. The molecule has 0 radical (unpaired) electrons. The second-order valence-corrected chi connectivity index (χ2v) is 4.46. The number of rotatable bonds is 6. The molecule has 1 fully saturated rings. The summed E-state index contributed by atoms with van der Waals surface area (Å²) in [5.41, 5.74) is 0. The first-order valence-electron chi connectivity index (χ1n) is 5.59. The average Bonchev–Trinajstić information content (AvgIpc) is 1.97. The summed E-state index contributed by atoms with van der Waals surface area (Å²) in [6, 6.07) is 0. The largest absolute Gasteiger partial charge is 0.392 e. The van der Waals surface area contributed by atoms with E-state index in [-0.39, 0.29) is 6.10 Å². The maximum absolute atomic E-state index is 9.58. The lowest BCUT2D eigenvalue weighted by Crippen LogP contribution is -2.35. The second kappa shape index (κ2) is 5.61. The van der Waals surface area contributed by atoms with E-state index in [1.807, 2.05) is 0 Å². The van der Waals surface area contributed by atoms with Gasteiger partial charge in [-0.3, -0.25) is 0 Å². The monoisotopic (exact) mass is 185 g/mol. The zero-order valence-corrected chi connectivity index (χ0v) is 9.00. The lowest BCUT2D eigenvalue weighted by Gasteiger charge is -2.31. The molecular formula is C11H23NO. The molecule has 0 aliphatic heterocycles. The predicted molar refractivity (Wildman–Crippen MR) is 55.8 cm³/mol. The third kappa shape index (κ3) is 4.10. The predicted octanol–water partition coefficient (Wildman–Crippen LogP) is 1.88. The molecule has 0 spiro atoms. The van der Waals surface area contributed by atoms with Gasteiger partial charge in [-0.1, -0.05) is 19.8 Å². The van der Waals surface area contributed by atoms with Crippen LogP contribution in [0.15, 0.2) is 0 Å². The van der Waals surface area contributed by atoms with Gasteiger partial charge in [0.2, 0.25) is 0 Å². The van der Waals surface area contributed by atoms with Gasteiger partial charge in [-0.05, 0) is 32.2 Å². The molecule has 2 heteroatoms. The fraction of sp³-hybridized carbons (Fsp3) is 1.00. The van der Waals surface area contributed by atoms with Gasteiger partial charge in [-0.15, -0.1) is 0 Å². The lowest BCUT2D eigenvalue weighted by atomic mass is 9.85. The minimum absolute atomic E-state index is 0.116. The van der Waals surface area contributed by atoms with Gasteiger partial charge in [0.25, 0.3) is 0 Å². The smallest absolute Gasteiger partial charge is 0.0666 e. The summed E-state index contributed by atoms with van der Waals surface area (Å²) in [6.45, 7) is 4.15. The zero-order chi connectivity index (χ0) is 9.68. The number of nitrogens with zero attached hydrogens (tertiary/aromatic N) is 1. The standard InChI is InChI=1S/C11H23NO/c1-3-5-11(13)9-12(2)8-10-6-4-7-10/h10-11,13H,3-9H2,1-2H3. The molecule has 1 unspecified atom stereocenters. The van der Waals surface area contributed by atoms with Crippen molar-refractivity contribution in [3.8, 4) is 0 Å². The molecule has 1 atom stereocenters. The highest BCUT2D eigenvalue weighted by molar-refractivity contribution is 4.73. The Morgan fingerprint density at radius 3 is 2.62 bits per heavy atom. The van der Waals surface area contributed by atoms with E-state index in [9.17, 15) is 5.11 Å². The van der Waals surface area contributed by atoms with Crippen LogP contribution in [0, 0.1) is 5.92 Å². The molecule has 78 valence electrons. The van der Waals surface area contributed by atoms with Crippen molar-refractivity contribution in [1.29, 1.82) is 0 Å². The number of aliphatic hydroxyl groups excluding tert-OH is 1. The fourth-order valence-corrected chi connectivity index (χ4v) is 1.97. The van der Waals surface area contributed by atoms with Gasteiger partial charge >= 0.3 is 0 Å². The number of hydrogen-bond donors (Lipinski definition) is 1. The van der Waals surface area contributed by atoms with Gasteiger partial charge < -0.3 is 10.0 Å². The summed E-state index contributed by atoms with van der Waals surface area (Å²) >= 11 is 0. The Balaban J connectivity index is 2.04. The van der Waals surface area contributed by atoms with Crippen molar-refractivity contribution in [2.45, 2.75) is 45.1 Å². The lowest BCUT2D eigenvalue weighted by molar-refractivity contribution is 0.0995. The molecule has 1 rings (SSSR count). The average molecular weight is 185 g/mol. The summed E-state index contributed by atoms with van der Waals surface area (Å²) in [7, 11) is 2.12. The van der Waals surface area contributed by atoms with Crippen LogP contribution in [-0.2, 0) is 0 Å². The number of hydrogen-bond acceptors (Lipinski definition) is 2. The van der Waals surface area contributed by atoms with Gasteiger partial charge in [0.05, 0.1) is 6.10 Å². The van der Waals surface area contributed by atoms with Crippen molar-refractivity contribution in [2.75, 3.05) is 20.1 Å². The molecule has 0 aromatic rings. The summed E-state index contributed by atoms with van der Waals surface area (Å²) in [4.78, 5) is 2.28. The molecule has 1 saturated carbocycles. The van der Waals surface area contributed by atoms with Crippen LogP contribution in [-0.4, -0.2) is 36.2 Å². The maximum atomic E-state index is 9.58. The van der Waals surface area contributed by atoms with Gasteiger partial charge in [0.15, 0.2) is 0 Å². The maximum Gasteiger partial charge on any atom is 0.0666 e. The quantitative estimate of drug-likeness (QED) is 0.683. The first-order valence-corrected chi connectivity index (χ1v) is 5.59. The molecule has 0 saturated heterocycles. The minimum Gasteiger partial charge on any atom is -0.392 e. The van der Waals surface area contributed by atoms with E-state index in [4.69, 9.17) is 0 Å². The van der Waals surface area contributed by atoms with Gasteiger partial charge in [-0.2, -0.15) is 0 Å². The molecule has 1 N–H and O–H groups in total. The first-order chi connectivity index (χ1) is 6.22. The Hall–Kier alpha value is -0.0800. The Morgan fingerprint density at radius 2 is 2.15 bits per heavy atom. The molecular weight excluding hydrogens is 162 g/mol. The Labute approximate surface area is 81.9 Å². The van der Waals surface area contributed by atoms with Crippen LogP contribution in [0.25, 0.3) is 0 Å². The fourth-order valence-electron chi connectivity index (χ4n) is 1.97. The van der Waals surface area contributed by atoms with Crippen molar-refractivity contribution < 1.29 is 5.11 Å². The Morgan fingerprint density at radius 1 is 1.46 bits per heavy atom. The highest BCUT2D eigenvalue weighted by Gasteiger charge is 2.19. The molecule has 2 nitrogen and oxygen atoms in total. The van der Waals surface area contributed by atoms with E-state index in [0.29, 0.717) is 0 Å². The summed E-state index contributed by atoms with van der Waals surface area (Å²) in [5, 5.41) is 9.58. The summed E-state index contributed by atoms with van der Waals surface area (Å²) in [6.07, 6.45) is 6.11. The second-order valence-electron chi connectivity index (χ2n) is 4.46. The van der Waals surface area contributed by atoms with Crippen LogP contribution in [0.4, 0.5) is 0 Å². The van der Waals surface area contributed by atoms with Crippen LogP contribution in [0.3, 0.4) is 0 Å². The molecule has 0 bridgehead atoms. The molecule has 13 heavy (non-hydrogen) atoms. The van der Waals surface area contributed by atoms with Crippen LogP contribution in [0.5, 0.6) is 0 Å². The summed E-state index contributed by atoms with van der Waals surface area (Å²) < 4.78 is 0. The van der Waals surface area contributed by atoms with Crippen LogP contribution >= 0.6 is 0 Å². The van der Waals surface area contributed by atoms with E-state index in [2.05, 4.69) is 18.9 Å². The van der Waals surface area contributed by atoms with E-state index in [1.165, 1.54) is 25.8 Å². The third-order valence-electron chi connectivity index (χ3n) is 2.94. The highest BCUT2D eigenvalue weighted by Crippen LogP contribution is 2.26. The van der Waals surface area contributed by atoms with Crippen LogP contribution < -0.4 is 0 Å². The molecule has 1 aliphatic carbocycles. The van der Waals surface area contributed by atoms with Gasteiger partial charge in [0.1, 0.15) is 0 Å². The normalized spacial score (nSPS) is 20.3. The van der Waals surface area contributed by atoms with E-state index in [0.717, 1.165) is 25.3 Å². The topological polar surface area (TPSA) is 23.5 Å². The Bertz CT molecular complexity index is 134. The van der Waals surface area contributed by atoms with Crippen molar-refractivity contribution in [3.05, 3.63) is 0 Å². The van der Waals surface area contributed by atoms with Gasteiger partial charge in [0, 0.05) is 13.1 Å². The first kappa shape index (κ1) is 11.0. The van der Waals surface area contributed by atoms with Gasteiger partial charge in [-0.25, -0.2) is 0 Å².